The van der Waals surface area contributed by atoms with E-state index >= 15 is 0 Å². The van der Waals surface area contributed by atoms with Gasteiger partial charge >= 0.3 is 0 Å². The fraction of sp³-hybridized carbons (Fsp3) is 0.0625. The van der Waals surface area contributed by atoms with Crippen molar-refractivity contribution in [3.8, 4) is 16.9 Å². The predicted molar refractivity (Wildman–Crippen MR) is 87.5 cm³/mol. The molecule has 0 saturated carbocycles. The highest BCUT2D eigenvalue weighted by atomic mass is 35.5. The number of hydrogen-bond donors (Lipinski definition) is 1. The SMILES string of the molecule is Bc1ccccc1-c1c(C)oc2cc(O)c(Cl)cc2c1=O. The van der Waals surface area contributed by atoms with Gasteiger partial charge in [0, 0.05) is 6.07 Å². The molecule has 0 fully saturated rings. The van der Waals surface area contributed by atoms with Gasteiger partial charge in [0.05, 0.1) is 16.0 Å². The fourth-order valence-electron chi connectivity index (χ4n) is 2.48. The topological polar surface area (TPSA) is 50.4 Å². The summed E-state index contributed by atoms with van der Waals surface area (Å²) < 4.78 is 5.70. The summed E-state index contributed by atoms with van der Waals surface area (Å²) in [5, 5.41) is 10.1. The van der Waals surface area contributed by atoms with E-state index < -0.39 is 0 Å². The van der Waals surface area contributed by atoms with E-state index in [4.69, 9.17) is 16.0 Å². The zero-order chi connectivity index (χ0) is 15.1. The second-order valence-corrected chi connectivity index (χ2v) is 5.38. The summed E-state index contributed by atoms with van der Waals surface area (Å²) in [6.07, 6.45) is 0. The third kappa shape index (κ3) is 2.22. The van der Waals surface area contributed by atoms with Crippen LogP contribution in [0.2, 0.25) is 5.02 Å². The molecular weight excluding hydrogens is 286 g/mol. The highest BCUT2D eigenvalue weighted by Gasteiger charge is 2.16. The minimum Gasteiger partial charge on any atom is -0.506 e. The Labute approximate surface area is 127 Å². The number of phenols is 1. The predicted octanol–water partition coefficient (Wildman–Crippen LogP) is 2.39. The molecule has 1 heterocycles. The zero-order valence-electron chi connectivity index (χ0n) is 11.6. The van der Waals surface area contributed by atoms with E-state index in [2.05, 4.69) is 0 Å². The van der Waals surface area contributed by atoms with Crippen LogP contribution >= 0.6 is 11.6 Å². The van der Waals surface area contributed by atoms with Crippen molar-refractivity contribution >= 4 is 35.9 Å². The molecule has 0 radical (unpaired) electrons. The number of rotatable bonds is 1. The van der Waals surface area contributed by atoms with E-state index in [0.717, 1.165) is 11.0 Å². The van der Waals surface area contributed by atoms with E-state index in [1.54, 1.807) is 6.92 Å². The van der Waals surface area contributed by atoms with E-state index in [9.17, 15) is 9.90 Å². The Balaban J connectivity index is 2.43. The molecule has 0 bridgehead atoms. The number of benzene rings is 2. The van der Waals surface area contributed by atoms with Crippen molar-refractivity contribution < 1.29 is 9.52 Å². The standard InChI is InChI=1S/C16H12BClO3/c1-8-15(9-4-2-3-5-11(9)17)16(20)10-6-12(18)13(19)7-14(10)21-8/h2-7,19H,17H2,1H3. The van der Waals surface area contributed by atoms with Crippen LogP contribution in [0.4, 0.5) is 0 Å². The molecule has 3 nitrogen and oxygen atoms in total. The molecule has 1 aromatic heterocycles. The summed E-state index contributed by atoms with van der Waals surface area (Å²) in [6, 6.07) is 10.5. The molecule has 0 aliphatic rings. The average molecular weight is 299 g/mol. The molecule has 0 amide bonds. The summed E-state index contributed by atoms with van der Waals surface area (Å²) in [4.78, 5) is 12.8. The van der Waals surface area contributed by atoms with Crippen molar-refractivity contribution in [3.63, 3.8) is 0 Å². The van der Waals surface area contributed by atoms with Crippen LogP contribution in [-0.2, 0) is 0 Å². The molecule has 5 heteroatoms. The fourth-order valence-corrected chi connectivity index (χ4v) is 2.64. The van der Waals surface area contributed by atoms with Crippen LogP contribution in [0.3, 0.4) is 0 Å². The van der Waals surface area contributed by atoms with Gasteiger partial charge in [0.15, 0.2) is 0 Å². The molecule has 21 heavy (non-hydrogen) atoms. The molecular formula is C16H12BClO3. The Hall–Kier alpha value is -2.20. The molecule has 3 aromatic rings. The van der Waals surface area contributed by atoms with E-state index in [1.165, 1.54) is 12.1 Å². The maximum Gasteiger partial charge on any atom is 0.200 e. The molecule has 0 aliphatic heterocycles. The largest absolute Gasteiger partial charge is 0.506 e. The zero-order valence-corrected chi connectivity index (χ0v) is 12.4. The van der Waals surface area contributed by atoms with E-state index in [0.29, 0.717) is 22.3 Å². The van der Waals surface area contributed by atoms with Gasteiger partial charge in [0.25, 0.3) is 0 Å². The van der Waals surface area contributed by atoms with Gasteiger partial charge in [0.1, 0.15) is 24.9 Å². The molecule has 0 unspecified atom stereocenters. The van der Waals surface area contributed by atoms with Crippen molar-refractivity contribution in [3.05, 3.63) is 57.4 Å². The van der Waals surface area contributed by atoms with E-state index in [-0.39, 0.29) is 16.2 Å². The van der Waals surface area contributed by atoms with Crippen molar-refractivity contribution in [2.45, 2.75) is 6.92 Å². The van der Waals surface area contributed by atoms with Gasteiger partial charge in [-0.2, -0.15) is 0 Å². The van der Waals surface area contributed by atoms with Crippen LogP contribution in [0.25, 0.3) is 22.1 Å². The Morgan fingerprint density at radius 2 is 1.95 bits per heavy atom. The number of fused-ring (bicyclic) bond motifs is 1. The van der Waals surface area contributed by atoms with Gasteiger partial charge in [-0.15, -0.1) is 0 Å². The summed E-state index contributed by atoms with van der Waals surface area (Å²) in [6.45, 7) is 1.74. The first kappa shape index (κ1) is 13.8. The summed E-state index contributed by atoms with van der Waals surface area (Å²) in [7, 11) is 1.95. The molecule has 0 spiro atoms. The number of phenolic OH excluding ortho intramolecular Hbond substituents is 1. The van der Waals surface area contributed by atoms with Crippen molar-refractivity contribution in [1.29, 1.82) is 0 Å². The molecule has 1 N–H and O–H groups in total. The molecule has 3 rings (SSSR count). The lowest BCUT2D eigenvalue weighted by molar-refractivity contribution is 0.473. The van der Waals surface area contributed by atoms with Crippen LogP contribution in [0, 0.1) is 6.92 Å². The summed E-state index contributed by atoms with van der Waals surface area (Å²) in [5.74, 6) is 0.416. The van der Waals surface area contributed by atoms with Gasteiger partial charge in [-0.3, -0.25) is 4.79 Å². The second kappa shape index (κ2) is 4.97. The Morgan fingerprint density at radius 1 is 1.24 bits per heavy atom. The van der Waals surface area contributed by atoms with Crippen LogP contribution in [-0.4, -0.2) is 13.0 Å². The van der Waals surface area contributed by atoms with Crippen molar-refractivity contribution in [2.24, 2.45) is 0 Å². The Bertz CT molecular complexity index is 915. The van der Waals surface area contributed by atoms with E-state index in [1.807, 2.05) is 32.1 Å². The third-order valence-electron chi connectivity index (χ3n) is 3.55. The first-order valence-corrected chi connectivity index (χ1v) is 6.88. The number of halogens is 1. The molecule has 0 aliphatic carbocycles. The smallest absolute Gasteiger partial charge is 0.200 e. The molecule has 104 valence electrons. The number of aromatic hydroxyl groups is 1. The highest BCUT2D eigenvalue weighted by Crippen LogP contribution is 2.30. The quantitative estimate of drug-likeness (QED) is 0.702. The maximum atomic E-state index is 12.8. The lowest BCUT2D eigenvalue weighted by atomic mass is 9.86. The van der Waals surface area contributed by atoms with Gasteiger partial charge in [-0.05, 0) is 18.6 Å². The van der Waals surface area contributed by atoms with Crippen LogP contribution in [0.5, 0.6) is 5.75 Å². The van der Waals surface area contributed by atoms with Crippen molar-refractivity contribution in [1.82, 2.24) is 0 Å². The number of hydrogen-bond acceptors (Lipinski definition) is 3. The molecule has 0 atom stereocenters. The number of aryl methyl sites for hydroxylation is 1. The lowest BCUT2D eigenvalue weighted by Gasteiger charge is -2.10. The minimum absolute atomic E-state index is 0.102. The summed E-state index contributed by atoms with van der Waals surface area (Å²) in [5.41, 5.74) is 2.55. The normalized spacial score (nSPS) is 11.0. The summed E-state index contributed by atoms with van der Waals surface area (Å²) >= 11 is 5.90. The monoisotopic (exact) mass is 298 g/mol. The maximum absolute atomic E-state index is 12.8. The Morgan fingerprint density at radius 3 is 2.67 bits per heavy atom. The Kier molecular flexibility index (Phi) is 3.26. The first-order valence-electron chi connectivity index (χ1n) is 6.51. The van der Waals surface area contributed by atoms with Crippen molar-refractivity contribution in [2.75, 3.05) is 0 Å². The second-order valence-electron chi connectivity index (χ2n) is 4.98. The molecule has 0 saturated heterocycles. The minimum atomic E-state index is -0.148. The van der Waals surface area contributed by atoms with Crippen LogP contribution < -0.4 is 10.9 Å². The van der Waals surface area contributed by atoms with Crippen LogP contribution in [0.15, 0.2) is 45.6 Å². The average Bonchev–Trinajstić information content (AvgIpc) is 2.43. The highest BCUT2D eigenvalue weighted by molar-refractivity contribution is 6.36. The van der Waals surface area contributed by atoms with Gasteiger partial charge in [-0.1, -0.05) is 41.3 Å². The molecule has 2 aromatic carbocycles. The van der Waals surface area contributed by atoms with Gasteiger partial charge in [-0.25, -0.2) is 0 Å². The van der Waals surface area contributed by atoms with Crippen LogP contribution in [0.1, 0.15) is 5.76 Å². The van der Waals surface area contributed by atoms with Gasteiger partial charge < -0.3 is 9.52 Å². The van der Waals surface area contributed by atoms with Gasteiger partial charge in [0.2, 0.25) is 5.43 Å². The third-order valence-corrected chi connectivity index (χ3v) is 3.85. The lowest BCUT2D eigenvalue weighted by Crippen LogP contribution is -2.14. The first-order chi connectivity index (χ1) is 9.99.